The summed E-state index contributed by atoms with van der Waals surface area (Å²) in [5, 5.41) is 3.73. The number of hydrogen-bond donors (Lipinski definition) is 2. The van der Waals surface area contributed by atoms with E-state index in [0.717, 1.165) is 18.9 Å². The van der Waals surface area contributed by atoms with E-state index in [1.807, 2.05) is 0 Å². The molecule has 1 saturated carbocycles. The van der Waals surface area contributed by atoms with Crippen LogP contribution in [-0.2, 0) is 0 Å². The number of nitrogens with one attached hydrogen (secondary N) is 1. The monoisotopic (exact) mass is 256 g/mol. The maximum absolute atomic E-state index is 13.7. The summed E-state index contributed by atoms with van der Waals surface area (Å²) < 4.78 is 13.7. The van der Waals surface area contributed by atoms with E-state index >= 15 is 0 Å². The summed E-state index contributed by atoms with van der Waals surface area (Å²) in [4.78, 5) is 0. The molecule has 1 aromatic rings. The van der Waals surface area contributed by atoms with Crippen molar-refractivity contribution >= 4 is 11.6 Å². The molecule has 0 aliphatic heterocycles. The molecule has 1 unspecified atom stereocenters. The molecule has 4 heteroatoms. The van der Waals surface area contributed by atoms with Gasteiger partial charge in [0.1, 0.15) is 5.82 Å². The lowest BCUT2D eigenvalue weighted by atomic mass is 10.1. The number of nitrogens with two attached hydrogens (primary N) is 1. The second-order valence-electron chi connectivity index (χ2n) is 4.64. The Morgan fingerprint density at radius 1 is 1.47 bits per heavy atom. The van der Waals surface area contributed by atoms with E-state index < -0.39 is 0 Å². The molecule has 1 atom stereocenters. The first-order valence-electron chi connectivity index (χ1n) is 6.09. The van der Waals surface area contributed by atoms with Gasteiger partial charge in [0.25, 0.3) is 0 Å². The molecule has 0 heterocycles. The standard InChI is InChI=1S/C13H18ClFN2/c14-10-3-4-11(12(15)7-10)13(8-16)17-6-5-9-1-2-9/h3-4,7,9,13,17H,1-2,5-6,8,16H2. The minimum absolute atomic E-state index is 0.119. The van der Waals surface area contributed by atoms with Crippen molar-refractivity contribution in [1.29, 1.82) is 0 Å². The van der Waals surface area contributed by atoms with Crippen LogP contribution in [0, 0.1) is 11.7 Å². The smallest absolute Gasteiger partial charge is 0.129 e. The zero-order chi connectivity index (χ0) is 12.3. The average molecular weight is 257 g/mol. The average Bonchev–Trinajstić information content (AvgIpc) is 3.10. The van der Waals surface area contributed by atoms with Gasteiger partial charge in [-0.15, -0.1) is 0 Å². The van der Waals surface area contributed by atoms with Crippen molar-refractivity contribution in [2.24, 2.45) is 11.7 Å². The Morgan fingerprint density at radius 2 is 2.24 bits per heavy atom. The fourth-order valence-corrected chi connectivity index (χ4v) is 2.13. The first kappa shape index (κ1) is 12.8. The highest BCUT2D eigenvalue weighted by Gasteiger charge is 2.21. The summed E-state index contributed by atoms with van der Waals surface area (Å²) in [5.74, 6) is 0.586. The summed E-state index contributed by atoms with van der Waals surface area (Å²) in [6.45, 7) is 1.29. The van der Waals surface area contributed by atoms with E-state index in [4.69, 9.17) is 17.3 Å². The van der Waals surface area contributed by atoms with Gasteiger partial charge in [-0.1, -0.05) is 30.5 Å². The van der Waals surface area contributed by atoms with Crippen LogP contribution in [0.3, 0.4) is 0 Å². The van der Waals surface area contributed by atoms with Gasteiger partial charge in [0.15, 0.2) is 0 Å². The van der Waals surface area contributed by atoms with Gasteiger partial charge < -0.3 is 11.1 Å². The maximum atomic E-state index is 13.7. The molecule has 17 heavy (non-hydrogen) atoms. The van der Waals surface area contributed by atoms with Crippen LogP contribution < -0.4 is 11.1 Å². The van der Waals surface area contributed by atoms with Gasteiger partial charge in [-0.3, -0.25) is 0 Å². The number of hydrogen-bond acceptors (Lipinski definition) is 2. The van der Waals surface area contributed by atoms with Gasteiger partial charge in [-0.25, -0.2) is 4.39 Å². The third-order valence-electron chi connectivity index (χ3n) is 3.21. The Hall–Kier alpha value is -0.640. The zero-order valence-corrected chi connectivity index (χ0v) is 10.5. The molecule has 0 spiro atoms. The molecular formula is C13H18ClFN2. The highest BCUT2D eigenvalue weighted by atomic mass is 35.5. The maximum Gasteiger partial charge on any atom is 0.129 e. The minimum atomic E-state index is -0.285. The Balaban J connectivity index is 1.94. The van der Waals surface area contributed by atoms with Crippen molar-refractivity contribution in [3.63, 3.8) is 0 Å². The van der Waals surface area contributed by atoms with Crippen LogP contribution in [0.1, 0.15) is 30.9 Å². The quantitative estimate of drug-likeness (QED) is 0.821. The summed E-state index contributed by atoms with van der Waals surface area (Å²) >= 11 is 5.73. The first-order valence-corrected chi connectivity index (χ1v) is 6.47. The van der Waals surface area contributed by atoms with Crippen molar-refractivity contribution in [3.8, 4) is 0 Å². The normalized spacial score (nSPS) is 17.1. The van der Waals surface area contributed by atoms with E-state index in [0.29, 0.717) is 17.1 Å². The van der Waals surface area contributed by atoms with Gasteiger partial charge >= 0.3 is 0 Å². The lowest BCUT2D eigenvalue weighted by molar-refractivity contribution is 0.491. The predicted molar refractivity (Wildman–Crippen MR) is 68.5 cm³/mol. The molecular weight excluding hydrogens is 239 g/mol. The third-order valence-corrected chi connectivity index (χ3v) is 3.45. The van der Waals surface area contributed by atoms with Crippen molar-refractivity contribution in [3.05, 3.63) is 34.6 Å². The van der Waals surface area contributed by atoms with E-state index in [1.54, 1.807) is 12.1 Å². The molecule has 2 nitrogen and oxygen atoms in total. The summed E-state index contributed by atoms with van der Waals surface area (Å²) in [7, 11) is 0. The Bertz CT molecular complexity index is 380. The molecule has 94 valence electrons. The van der Waals surface area contributed by atoms with Crippen LogP contribution in [0.2, 0.25) is 5.02 Å². The molecule has 1 aromatic carbocycles. The van der Waals surface area contributed by atoms with Crippen LogP contribution in [0.5, 0.6) is 0 Å². The molecule has 2 rings (SSSR count). The summed E-state index contributed by atoms with van der Waals surface area (Å²) in [6, 6.07) is 4.62. The Morgan fingerprint density at radius 3 is 2.82 bits per heavy atom. The molecule has 1 aliphatic rings. The van der Waals surface area contributed by atoms with Crippen LogP contribution in [0.4, 0.5) is 4.39 Å². The Labute approximate surface area is 106 Å². The SMILES string of the molecule is NCC(NCCC1CC1)c1ccc(Cl)cc1F. The number of benzene rings is 1. The zero-order valence-electron chi connectivity index (χ0n) is 9.76. The first-order chi connectivity index (χ1) is 8.20. The molecule has 3 N–H and O–H groups in total. The van der Waals surface area contributed by atoms with E-state index in [9.17, 15) is 4.39 Å². The van der Waals surface area contributed by atoms with Gasteiger partial charge in [-0.2, -0.15) is 0 Å². The van der Waals surface area contributed by atoms with Crippen molar-refractivity contribution in [1.82, 2.24) is 5.32 Å². The summed E-state index contributed by atoms with van der Waals surface area (Å²) in [5.41, 5.74) is 6.29. The van der Waals surface area contributed by atoms with Gasteiger partial charge in [0.05, 0.1) is 0 Å². The van der Waals surface area contributed by atoms with Crippen molar-refractivity contribution in [2.45, 2.75) is 25.3 Å². The van der Waals surface area contributed by atoms with Crippen LogP contribution in [0.25, 0.3) is 0 Å². The fourth-order valence-electron chi connectivity index (χ4n) is 1.97. The van der Waals surface area contributed by atoms with Gasteiger partial charge in [0.2, 0.25) is 0 Å². The highest BCUT2D eigenvalue weighted by Crippen LogP contribution is 2.32. The van der Waals surface area contributed by atoms with E-state index in [2.05, 4.69) is 5.32 Å². The lowest BCUT2D eigenvalue weighted by Crippen LogP contribution is -2.30. The largest absolute Gasteiger partial charge is 0.329 e. The second-order valence-corrected chi connectivity index (χ2v) is 5.08. The second kappa shape index (κ2) is 5.80. The number of rotatable bonds is 6. The third kappa shape index (κ3) is 3.66. The number of halogens is 2. The van der Waals surface area contributed by atoms with Gasteiger partial charge in [-0.05, 0) is 31.0 Å². The van der Waals surface area contributed by atoms with E-state index in [1.165, 1.54) is 18.9 Å². The van der Waals surface area contributed by atoms with Crippen LogP contribution >= 0.6 is 11.6 Å². The van der Waals surface area contributed by atoms with Crippen molar-refractivity contribution < 1.29 is 4.39 Å². The molecule has 0 amide bonds. The molecule has 1 aliphatic carbocycles. The molecule has 0 saturated heterocycles. The molecule has 0 radical (unpaired) electrons. The topological polar surface area (TPSA) is 38.0 Å². The minimum Gasteiger partial charge on any atom is -0.329 e. The fraction of sp³-hybridized carbons (Fsp3) is 0.538. The van der Waals surface area contributed by atoms with Crippen LogP contribution in [0.15, 0.2) is 18.2 Å². The van der Waals surface area contributed by atoms with Gasteiger partial charge in [0, 0.05) is 23.2 Å². The predicted octanol–water partition coefficient (Wildman–Crippen LogP) is 2.87. The van der Waals surface area contributed by atoms with Crippen LogP contribution in [-0.4, -0.2) is 13.1 Å². The summed E-state index contributed by atoms with van der Waals surface area (Å²) in [6.07, 6.45) is 3.83. The Kier molecular flexibility index (Phi) is 4.37. The molecule has 0 aromatic heterocycles. The van der Waals surface area contributed by atoms with Crippen molar-refractivity contribution in [2.75, 3.05) is 13.1 Å². The highest BCUT2D eigenvalue weighted by molar-refractivity contribution is 6.30. The van der Waals surface area contributed by atoms with E-state index in [-0.39, 0.29) is 11.9 Å². The molecule has 1 fully saturated rings. The lowest BCUT2D eigenvalue weighted by Gasteiger charge is -2.18. The molecule has 0 bridgehead atoms.